The third-order valence-electron chi connectivity index (χ3n) is 3.32. The van der Waals surface area contributed by atoms with Crippen molar-refractivity contribution in [2.45, 2.75) is 26.3 Å². The van der Waals surface area contributed by atoms with Crippen molar-refractivity contribution < 1.29 is 0 Å². The van der Waals surface area contributed by atoms with Gasteiger partial charge in [-0.05, 0) is 26.8 Å². The van der Waals surface area contributed by atoms with Gasteiger partial charge in [0.15, 0.2) is 0 Å². The highest BCUT2D eigenvalue weighted by atomic mass is 15.3. The number of nitrogen functional groups attached to an aromatic ring is 1. The molecule has 2 N–H and O–H groups in total. The molecule has 1 aromatic heterocycles. The maximum atomic E-state index is 5.78. The molecule has 1 fully saturated rings. The van der Waals surface area contributed by atoms with Crippen molar-refractivity contribution in [3.63, 3.8) is 0 Å². The van der Waals surface area contributed by atoms with E-state index in [1.807, 2.05) is 12.1 Å². The zero-order valence-corrected chi connectivity index (χ0v) is 11.0. The van der Waals surface area contributed by atoms with E-state index in [9.17, 15) is 0 Å². The highest BCUT2D eigenvalue weighted by Gasteiger charge is 2.26. The second-order valence-corrected chi connectivity index (χ2v) is 5.59. The van der Waals surface area contributed by atoms with Gasteiger partial charge in [-0.2, -0.15) is 0 Å². The molecular weight excluding hydrogens is 212 g/mol. The minimum absolute atomic E-state index is 0.259. The summed E-state index contributed by atoms with van der Waals surface area (Å²) >= 11 is 0. The first-order valence-electron chi connectivity index (χ1n) is 6.18. The molecule has 0 aromatic carbocycles. The van der Waals surface area contributed by atoms with Crippen LogP contribution in [0.4, 0.5) is 11.5 Å². The van der Waals surface area contributed by atoms with Crippen LogP contribution in [0.25, 0.3) is 0 Å². The maximum absolute atomic E-state index is 5.78. The van der Waals surface area contributed by atoms with Crippen LogP contribution in [0.15, 0.2) is 18.3 Å². The van der Waals surface area contributed by atoms with Gasteiger partial charge < -0.3 is 10.6 Å². The molecule has 0 aliphatic carbocycles. The largest absolute Gasteiger partial charge is 0.399 e. The molecule has 94 valence electrons. The first-order chi connectivity index (χ1) is 7.97. The minimum Gasteiger partial charge on any atom is -0.399 e. The Hall–Kier alpha value is -1.29. The van der Waals surface area contributed by atoms with Crippen LogP contribution in [0.3, 0.4) is 0 Å². The normalized spacial score (nSPS) is 18.4. The average molecular weight is 234 g/mol. The Morgan fingerprint density at radius 1 is 1.18 bits per heavy atom. The van der Waals surface area contributed by atoms with E-state index >= 15 is 0 Å². The van der Waals surface area contributed by atoms with Crippen LogP contribution in [0.5, 0.6) is 0 Å². The van der Waals surface area contributed by atoms with E-state index in [1.165, 1.54) is 0 Å². The monoisotopic (exact) mass is 234 g/mol. The Kier molecular flexibility index (Phi) is 3.24. The van der Waals surface area contributed by atoms with Crippen LogP contribution in [0.1, 0.15) is 20.8 Å². The van der Waals surface area contributed by atoms with Crippen LogP contribution in [0, 0.1) is 0 Å². The van der Waals surface area contributed by atoms with Crippen LogP contribution in [-0.4, -0.2) is 41.6 Å². The van der Waals surface area contributed by atoms with Gasteiger partial charge in [0, 0.05) is 49.7 Å². The smallest absolute Gasteiger partial charge is 0.130 e. The number of aromatic nitrogens is 1. The molecule has 1 aliphatic rings. The van der Waals surface area contributed by atoms with E-state index in [1.54, 1.807) is 6.20 Å². The lowest BCUT2D eigenvalue weighted by molar-refractivity contribution is 0.128. The third kappa shape index (κ3) is 2.88. The number of hydrogen-bond acceptors (Lipinski definition) is 4. The van der Waals surface area contributed by atoms with Gasteiger partial charge in [0.2, 0.25) is 0 Å². The molecule has 1 aromatic rings. The molecular formula is C13H22N4. The summed E-state index contributed by atoms with van der Waals surface area (Å²) in [6, 6.07) is 3.78. The Labute approximate surface area is 103 Å². The van der Waals surface area contributed by atoms with Crippen LogP contribution in [-0.2, 0) is 0 Å². The third-order valence-corrected chi connectivity index (χ3v) is 3.32. The lowest BCUT2D eigenvalue weighted by Gasteiger charge is -2.42. The Bertz CT molecular complexity index is 375. The fourth-order valence-electron chi connectivity index (χ4n) is 2.21. The zero-order valence-electron chi connectivity index (χ0n) is 11.0. The van der Waals surface area contributed by atoms with Crippen molar-refractivity contribution in [1.82, 2.24) is 9.88 Å². The molecule has 2 heterocycles. The molecule has 0 amide bonds. The zero-order chi connectivity index (χ0) is 12.5. The molecule has 17 heavy (non-hydrogen) atoms. The first kappa shape index (κ1) is 12.2. The molecule has 2 rings (SSSR count). The fourth-order valence-corrected chi connectivity index (χ4v) is 2.21. The van der Waals surface area contributed by atoms with E-state index < -0.39 is 0 Å². The molecule has 1 aliphatic heterocycles. The second-order valence-electron chi connectivity index (χ2n) is 5.59. The summed E-state index contributed by atoms with van der Waals surface area (Å²) < 4.78 is 0. The highest BCUT2D eigenvalue weighted by Crippen LogP contribution is 2.20. The number of rotatable bonds is 1. The molecule has 0 saturated carbocycles. The van der Waals surface area contributed by atoms with Crippen molar-refractivity contribution in [2.24, 2.45) is 0 Å². The molecule has 1 saturated heterocycles. The van der Waals surface area contributed by atoms with Crippen LogP contribution >= 0.6 is 0 Å². The fraction of sp³-hybridized carbons (Fsp3) is 0.615. The van der Waals surface area contributed by atoms with Crippen molar-refractivity contribution in [1.29, 1.82) is 0 Å². The summed E-state index contributed by atoms with van der Waals surface area (Å²) in [6.45, 7) is 11.0. The quantitative estimate of drug-likeness (QED) is 0.801. The molecule has 0 spiro atoms. The Morgan fingerprint density at radius 3 is 2.35 bits per heavy atom. The number of nitrogens with zero attached hydrogens (tertiary/aromatic N) is 3. The van der Waals surface area contributed by atoms with Gasteiger partial charge in [-0.1, -0.05) is 0 Å². The number of pyridine rings is 1. The number of anilines is 2. The summed E-state index contributed by atoms with van der Waals surface area (Å²) in [6.07, 6.45) is 1.78. The van der Waals surface area contributed by atoms with Crippen LogP contribution < -0.4 is 10.6 Å². The Balaban J connectivity index is 2.00. The topological polar surface area (TPSA) is 45.4 Å². The van der Waals surface area contributed by atoms with E-state index in [2.05, 4.69) is 35.6 Å². The second kappa shape index (κ2) is 4.53. The Morgan fingerprint density at radius 2 is 1.82 bits per heavy atom. The van der Waals surface area contributed by atoms with Crippen molar-refractivity contribution >= 4 is 11.5 Å². The molecule has 0 unspecified atom stereocenters. The van der Waals surface area contributed by atoms with E-state index in [-0.39, 0.29) is 5.54 Å². The van der Waals surface area contributed by atoms with Gasteiger partial charge in [0.25, 0.3) is 0 Å². The van der Waals surface area contributed by atoms with Gasteiger partial charge in [0.05, 0.1) is 0 Å². The van der Waals surface area contributed by atoms with Crippen LogP contribution in [0.2, 0.25) is 0 Å². The lowest BCUT2D eigenvalue weighted by atomic mass is 10.1. The van der Waals surface area contributed by atoms with Crippen molar-refractivity contribution in [3.8, 4) is 0 Å². The summed E-state index contributed by atoms with van der Waals surface area (Å²) in [5.41, 5.74) is 6.83. The summed E-state index contributed by atoms with van der Waals surface area (Å²) in [7, 11) is 0. The van der Waals surface area contributed by atoms with Gasteiger partial charge in [-0.3, -0.25) is 4.90 Å². The summed E-state index contributed by atoms with van der Waals surface area (Å²) in [4.78, 5) is 9.19. The lowest BCUT2D eigenvalue weighted by Crippen LogP contribution is -2.53. The SMILES string of the molecule is CC(C)(C)N1CCN(c2cc(N)ccn2)CC1. The predicted octanol–water partition coefficient (Wildman–Crippen LogP) is 1.58. The standard InChI is InChI=1S/C13H22N4/c1-13(2,3)17-8-6-16(7-9-17)12-10-11(14)4-5-15-12/h4-5,10H,6-9H2,1-3H3,(H2,14,15). The highest BCUT2D eigenvalue weighted by molar-refractivity contribution is 5.50. The molecule has 0 bridgehead atoms. The summed E-state index contributed by atoms with van der Waals surface area (Å²) in [5, 5.41) is 0. The summed E-state index contributed by atoms with van der Waals surface area (Å²) in [5.74, 6) is 0.999. The molecule has 0 atom stereocenters. The number of hydrogen-bond donors (Lipinski definition) is 1. The van der Waals surface area contributed by atoms with Crippen molar-refractivity contribution in [2.75, 3.05) is 36.8 Å². The van der Waals surface area contributed by atoms with Gasteiger partial charge >= 0.3 is 0 Å². The maximum Gasteiger partial charge on any atom is 0.130 e. The van der Waals surface area contributed by atoms with Gasteiger partial charge in [-0.25, -0.2) is 4.98 Å². The minimum atomic E-state index is 0.259. The number of nitrogens with two attached hydrogens (primary N) is 1. The number of piperazine rings is 1. The van der Waals surface area contributed by atoms with Gasteiger partial charge in [-0.15, -0.1) is 0 Å². The molecule has 0 radical (unpaired) electrons. The van der Waals surface area contributed by atoms with E-state index in [0.29, 0.717) is 0 Å². The van der Waals surface area contributed by atoms with Crippen molar-refractivity contribution in [3.05, 3.63) is 18.3 Å². The van der Waals surface area contributed by atoms with Gasteiger partial charge in [0.1, 0.15) is 5.82 Å². The molecule has 4 heteroatoms. The van der Waals surface area contributed by atoms with E-state index in [0.717, 1.165) is 37.7 Å². The molecule has 4 nitrogen and oxygen atoms in total. The van der Waals surface area contributed by atoms with E-state index in [4.69, 9.17) is 5.73 Å². The average Bonchev–Trinajstić information content (AvgIpc) is 2.28. The first-order valence-corrected chi connectivity index (χ1v) is 6.18. The predicted molar refractivity (Wildman–Crippen MR) is 72.2 cm³/mol.